The number of thiazole rings is 1. The van der Waals surface area contributed by atoms with Gasteiger partial charge in [-0.3, -0.25) is 0 Å². The highest BCUT2D eigenvalue weighted by Gasteiger charge is 2.23. The highest BCUT2D eigenvalue weighted by atomic mass is 32.2. The van der Waals surface area contributed by atoms with Crippen molar-refractivity contribution in [3.8, 4) is 28.3 Å². The average Bonchev–Trinajstić information content (AvgIpc) is 3.86. The molecule has 2 aromatic carbocycles. The van der Waals surface area contributed by atoms with Gasteiger partial charge in [0.2, 0.25) is 11.8 Å². The summed E-state index contributed by atoms with van der Waals surface area (Å²) in [7, 11) is 0. The molecule has 13 heteroatoms. The minimum atomic E-state index is 0.415. The van der Waals surface area contributed by atoms with Crippen LogP contribution >= 0.6 is 34.9 Å². The Morgan fingerprint density at radius 3 is 2.41 bits per heavy atom. The number of benzene rings is 2. The van der Waals surface area contributed by atoms with Crippen LogP contribution in [0.1, 0.15) is 48.9 Å². The molecule has 7 rings (SSSR count). The summed E-state index contributed by atoms with van der Waals surface area (Å²) in [6, 6.07) is 16.3. The van der Waals surface area contributed by atoms with Crippen LogP contribution in [0.3, 0.4) is 0 Å². The SMILES string of the molecule is c1cc(-c2ccc(-n3cc(CSc4nnc(C5CCCC5)o4)nn3)cc2)cc(-c2nnc(SCc3cscn3)o2)c1. The zero-order valence-corrected chi connectivity index (χ0v) is 24.2. The van der Waals surface area contributed by atoms with E-state index in [1.165, 1.54) is 36.4 Å². The van der Waals surface area contributed by atoms with Gasteiger partial charge < -0.3 is 8.83 Å². The molecular weight excluding hydrogens is 577 g/mol. The monoisotopic (exact) mass is 600 g/mol. The lowest BCUT2D eigenvalue weighted by molar-refractivity contribution is 0.385. The molecule has 0 amide bonds. The number of thioether (sulfide) groups is 2. The molecule has 10 nitrogen and oxygen atoms in total. The van der Waals surface area contributed by atoms with Crippen molar-refractivity contribution in [3.63, 3.8) is 0 Å². The lowest BCUT2D eigenvalue weighted by Gasteiger charge is -2.05. The first-order valence-electron chi connectivity index (χ1n) is 13.2. The number of hydrogen-bond donors (Lipinski definition) is 0. The molecule has 4 heterocycles. The number of nitrogens with zero attached hydrogens (tertiary/aromatic N) is 8. The van der Waals surface area contributed by atoms with E-state index < -0.39 is 0 Å². The van der Waals surface area contributed by atoms with Crippen LogP contribution < -0.4 is 0 Å². The van der Waals surface area contributed by atoms with E-state index in [2.05, 4.69) is 60.0 Å². The molecule has 41 heavy (non-hydrogen) atoms. The average molecular weight is 601 g/mol. The molecule has 1 saturated carbocycles. The predicted molar refractivity (Wildman–Crippen MR) is 157 cm³/mol. The lowest BCUT2D eigenvalue weighted by Crippen LogP contribution is -1.94. The highest BCUT2D eigenvalue weighted by molar-refractivity contribution is 7.98. The lowest BCUT2D eigenvalue weighted by atomic mass is 10.0. The first-order valence-corrected chi connectivity index (χ1v) is 16.1. The Morgan fingerprint density at radius 1 is 0.805 bits per heavy atom. The van der Waals surface area contributed by atoms with Gasteiger partial charge in [0.15, 0.2) is 0 Å². The maximum Gasteiger partial charge on any atom is 0.277 e. The van der Waals surface area contributed by atoms with Crippen LogP contribution in [0.25, 0.3) is 28.3 Å². The van der Waals surface area contributed by atoms with Gasteiger partial charge in [-0.05, 0) is 48.2 Å². The molecule has 0 atom stereocenters. The van der Waals surface area contributed by atoms with Crippen molar-refractivity contribution in [2.45, 2.75) is 53.6 Å². The first kappa shape index (κ1) is 26.1. The van der Waals surface area contributed by atoms with Gasteiger partial charge >= 0.3 is 0 Å². The minimum Gasteiger partial charge on any atom is -0.416 e. The van der Waals surface area contributed by atoms with Crippen LogP contribution in [0.2, 0.25) is 0 Å². The fourth-order valence-corrected chi connectivity index (χ4v) is 6.69. The summed E-state index contributed by atoms with van der Waals surface area (Å²) in [6.07, 6.45) is 6.68. The molecule has 0 spiro atoms. The van der Waals surface area contributed by atoms with E-state index in [9.17, 15) is 0 Å². The van der Waals surface area contributed by atoms with Gasteiger partial charge in [-0.1, -0.05) is 65.8 Å². The van der Waals surface area contributed by atoms with Gasteiger partial charge in [-0.25, -0.2) is 9.67 Å². The largest absolute Gasteiger partial charge is 0.416 e. The summed E-state index contributed by atoms with van der Waals surface area (Å²) in [5, 5.41) is 28.6. The molecule has 6 aromatic rings. The third-order valence-corrected chi connectivity index (χ3v) is 9.16. The van der Waals surface area contributed by atoms with Gasteiger partial charge in [0.1, 0.15) is 0 Å². The third kappa shape index (κ3) is 6.11. The molecule has 0 saturated heterocycles. The molecule has 0 aliphatic heterocycles. The molecule has 0 N–H and O–H groups in total. The fourth-order valence-electron chi connectivity index (χ4n) is 4.71. The second-order valence-corrected chi connectivity index (χ2v) is 12.2. The number of aromatic nitrogens is 8. The van der Waals surface area contributed by atoms with Crippen molar-refractivity contribution in [1.82, 2.24) is 40.4 Å². The van der Waals surface area contributed by atoms with E-state index in [-0.39, 0.29) is 0 Å². The van der Waals surface area contributed by atoms with E-state index in [0.717, 1.165) is 52.5 Å². The normalized spacial score (nSPS) is 13.8. The van der Waals surface area contributed by atoms with E-state index in [1.54, 1.807) is 16.0 Å². The Bertz CT molecular complexity index is 1720. The fraction of sp³-hybridized carbons (Fsp3) is 0.250. The summed E-state index contributed by atoms with van der Waals surface area (Å²) < 4.78 is 13.5. The summed E-state index contributed by atoms with van der Waals surface area (Å²) in [5.41, 5.74) is 7.58. The minimum absolute atomic E-state index is 0.415. The molecule has 1 fully saturated rings. The molecule has 1 aliphatic carbocycles. The summed E-state index contributed by atoms with van der Waals surface area (Å²) >= 11 is 4.54. The molecule has 0 bridgehead atoms. The van der Waals surface area contributed by atoms with Gasteiger partial charge in [0.05, 0.1) is 28.8 Å². The molecular formula is C28H24N8O2S3. The van der Waals surface area contributed by atoms with E-state index in [0.29, 0.717) is 33.8 Å². The van der Waals surface area contributed by atoms with Crippen LogP contribution in [0, 0.1) is 0 Å². The van der Waals surface area contributed by atoms with Crippen LogP contribution in [0.15, 0.2) is 84.9 Å². The van der Waals surface area contributed by atoms with Gasteiger partial charge in [0.25, 0.3) is 10.4 Å². The van der Waals surface area contributed by atoms with Crippen molar-refractivity contribution in [2.24, 2.45) is 0 Å². The topological polar surface area (TPSA) is 121 Å². The van der Waals surface area contributed by atoms with Crippen molar-refractivity contribution >= 4 is 34.9 Å². The molecule has 206 valence electrons. The summed E-state index contributed by atoms with van der Waals surface area (Å²) in [4.78, 5) is 4.29. The Labute approximate surface area is 248 Å². The molecule has 4 aromatic heterocycles. The van der Waals surface area contributed by atoms with E-state index in [4.69, 9.17) is 8.83 Å². The number of rotatable bonds is 10. The summed E-state index contributed by atoms with van der Waals surface area (Å²) in [6.45, 7) is 0. The van der Waals surface area contributed by atoms with E-state index >= 15 is 0 Å². The zero-order valence-electron chi connectivity index (χ0n) is 21.8. The molecule has 0 radical (unpaired) electrons. The maximum absolute atomic E-state index is 5.89. The van der Waals surface area contributed by atoms with Crippen LogP contribution in [-0.2, 0) is 11.5 Å². The standard InChI is InChI=1S/C28H24N8O2S3/c1-2-5-19(4-1)25-31-33-27(37-25)40-15-22-13-36(35-30-22)24-10-8-18(9-11-24)20-6-3-7-21(12-20)26-32-34-28(38-26)41-16-23-14-39-17-29-23/h3,6-14,17,19H,1-2,4-5,15-16H2. The second-order valence-electron chi connectivity index (χ2n) is 9.60. The van der Waals surface area contributed by atoms with Gasteiger partial charge in [-0.15, -0.1) is 36.8 Å². The van der Waals surface area contributed by atoms with Gasteiger partial charge in [-0.2, -0.15) is 0 Å². The Balaban J connectivity index is 0.984. The Hall–Kier alpha value is -3.81. The van der Waals surface area contributed by atoms with Crippen molar-refractivity contribution in [2.75, 3.05) is 0 Å². The predicted octanol–water partition coefficient (Wildman–Crippen LogP) is 7.07. The van der Waals surface area contributed by atoms with E-state index in [1.807, 2.05) is 41.4 Å². The Morgan fingerprint density at radius 2 is 1.59 bits per heavy atom. The van der Waals surface area contributed by atoms with Crippen molar-refractivity contribution in [3.05, 3.63) is 82.9 Å². The van der Waals surface area contributed by atoms with Crippen molar-refractivity contribution < 1.29 is 8.83 Å². The smallest absolute Gasteiger partial charge is 0.277 e. The molecule has 0 unspecified atom stereocenters. The van der Waals surface area contributed by atoms with Crippen molar-refractivity contribution in [1.29, 1.82) is 0 Å². The highest BCUT2D eigenvalue weighted by Crippen LogP contribution is 2.35. The van der Waals surface area contributed by atoms with Gasteiger partial charge in [0, 0.05) is 28.4 Å². The summed E-state index contributed by atoms with van der Waals surface area (Å²) in [5.74, 6) is 2.98. The first-order chi connectivity index (χ1) is 20.3. The van der Waals surface area contributed by atoms with Crippen LogP contribution in [0.4, 0.5) is 0 Å². The second kappa shape index (κ2) is 12.0. The van der Waals surface area contributed by atoms with Crippen LogP contribution in [-0.4, -0.2) is 40.4 Å². The Kier molecular flexibility index (Phi) is 7.62. The quantitative estimate of drug-likeness (QED) is 0.150. The molecule has 1 aliphatic rings. The number of hydrogen-bond acceptors (Lipinski definition) is 12. The van der Waals surface area contributed by atoms with Crippen LogP contribution in [0.5, 0.6) is 0 Å². The zero-order chi connectivity index (χ0) is 27.4. The maximum atomic E-state index is 5.89. The third-order valence-electron chi connectivity index (χ3n) is 6.82.